The molecule has 6 nitrogen and oxygen atoms in total. The zero-order valence-electron chi connectivity index (χ0n) is 16.6. The number of alkyl halides is 3. The number of carbonyl (C=O) groups excluding carboxylic acids is 2. The highest BCUT2D eigenvalue weighted by atomic mass is 19.4. The first-order valence-electron chi connectivity index (χ1n) is 9.24. The number of benzene rings is 1. The molecule has 0 radical (unpaired) electrons. The van der Waals surface area contributed by atoms with Crippen LogP contribution >= 0.6 is 0 Å². The molecular formula is C20H24F3N3O3. The third kappa shape index (κ3) is 6.38. The van der Waals surface area contributed by atoms with E-state index in [2.05, 4.69) is 10.1 Å². The maximum atomic E-state index is 12.6. The van der Waals surface area contributed by atoms with Crippen LogP contribution in [-0.4, -0.2) is 42.6 Å². The van der Waals surface area contributed by atoms with Crippen LogP contribution in [0.2, 0.25) is 0 Å². The van der Waals surface area contributed by atoms with Crippen LogP contribution in [0.1, 0.15) is 39.2 Å². The van der Waals surface area contributed by atoms with E-state index in [1.54, 1.807) is 11.0 Å². The highest BCUT2D eigenvalue weighted by Gasteiger charge is 2.33. The molecule has 1 aromatic carbocycles. The van der Waals surface area contributed by atoms with Crippen molar-refractivity contribution < 1.29 is 27.5 Å². The van der Waals surface area contributed by atoms with E-state index in [1.165, 1.54) is 18.2 Å². The van der Waals surface area contributed by atoms with E-state index in [0.29, 0.717) is 25.9 Å². The van der Waals surface area contributed by atoms with Crippen LogP contribution in [0, 0.1) is 22.7 Å². The van der Waals surface area contributed by atoms with Crippen molar-refractivity contribution in [3.63, 3.8) is 0 Å². The molecular weight excluding hydrogens is 387 g/mol. The predicted molar refractivity (Wildman–Crippen MR) is 100 cm³/mol. The Balaban J connectivity index is 2.04. The lowest BCUT2D eigenvalue weighted by atomic mass is 9.91. The van der Waals surface area contributed by atoms with Gasteiger partial charge in [0, 0.05) is 24.2 Å². The number of likely N-dealkylation sites (tertiary alicyclic amines) is 1. The summed E-state index contributed by atoms with van der Waals surface area (Å²) in [6.45, 7) is 4.87. The van der Waals surface area contributed by atoms with Crippen LogP contribution in [0.15, 0.2) is 18.2 Å². The van der Waals surface area contributed by atoms with Crippen molar-refractivity contribution in [1.82, 2.24) is 4.90 Å². The summed E-state index contributed by atoms with van der Waals surface area (Å²) < 4.78 is 41.5. The second-order valence-electron chi connectivity index (χ2n) is 8.06. The number of nitrogens with one attached hydrogen (secondary N) is 1. The quantitative estimate of drug-likeness (QED) is 0.819. The van der Waals surface area contributed by atoms with E-state index in [4.69, 9.17) is 5.26 Å². The lowest BCUT2D eigenvalue weighted by Gasteiger charge is -2.35. The van der Waals surface area contributed by atoms with E-state index in [0.717, 1.165) is 0 Å². The number of nitriles is 1. The number of hydrogen-bond acceptors (Lipinski definition) is 4. The Hall–Kier alpha value is -2.76. The van der Waals surface area contributed by atoms with Crippen molar-refractivity contribution >= 4 is 17.5 Å². The number of anilines is 1. The molecule has 1 aliphatic rings. The van der Waals surface area contributed by atoms with E-state index in [1.807, 2.05) is 20.8 Å². The standard InChI is InChI=1S/C20H24F3N3O3/c1-19(2,3)18(28)26-8-4-5-13(11-26)17(27)25-15-6-7-16(14(9-15)10-24)29-12-20(21,22)23/h6-7,9,13H,4-5,8,11-12H2,1-3H3,(H,25,27). The number of piperidine rings is 1. The van der Waals surface area contributed by atoms with Crippen LogP contribution in [0.5, 0.6) is 5.75 Å². The minimum atomic E-state index is -4.52. The third-order valence-electron chi connectivity index (χ3n) is 4.48. The Morgan fingerprint density at radius 3 is 2.59 bits per heavy atom. The molecule has 1 fully saturated rings. The fourth-order valence-corrected chi connectivity index (χ4v) is 3.07. The number of amides is 2. The minimum absolute atomic E-state index is 0.0204. The Bertz CT molecular complexity index is 810. The summed E-state index contributed by atoms with van der Waals surface area (Å²) >= 11 is 0. The molecule has 0 saturated carbocycles. The largest absolute Gasteiger partial charge is 0.483 e. The van der Waals surface area contributed by atoms with Gasteiger partial charge in [-0.2, -0.15) is 18.4 Å². The maximum Gasteiger partial charge on any atom is 0.422 e. The number of rotatable bonds is 4. The summed E-state index contributed by atoms with van der Waals surface area (Å²) in [6, 6.07) is 5.63. The summed E-state index contributed by atoms with van der Waals surface area (Å²) in [5.74, 6) is -0.929. The molecule has 1 saturated heterocycles. The summed E-state index contributed by atoms with van der Waals surface area (Å²) in [7, 11) is 0. The van der Waals surface area contributed by atoms with Crippen molar-refractivity contribution in [2.75, 3.05) is 25.0 Å². The van der Waals surface area contributed by atoms with Crippen LogP contribution in [-0.2, 0) is 9.59 Å². The van der Waals surface area contributed by atoms with Gasteiger partial charge in [0.15, 0.2) is 6.61 Å². The maximum absolute atomic E-state index is 12.6. The molecule has 29 heavy (non-hydrogen) atoms. The average Bonchev–Trinajstić information content (AvgIpc) is 2.64. The predicted octanol–water partition coefficient (Wildman–Crippen LogP) is 3.72. The van der Waals surface area contributed by atoms with Gasteiger partial charge in [-0.15, -0.1) is 0 Å². The van der Waals surface area contributed by atoms with Gasteiger partial charge in [0.05, 0.1) is 11.5 Å². The van der Waals surface area contributed by atoms with Crippen LogP contribution in [0.25, 0.3) is 0 Å². The summed E-state index contributed by atoms with van der Waals surface area (Å²) in [5, 5.41) is 11.8. The molecule has 1 N–H and O–H groups in total. The van der Waals surface area contributed by atoms with Crippen LogP contribution in [0.4, 0.5) is 18.9 Å². The molecule has 1 heterocycles. The van der Waals surface area contributed by atoms with Crippen LogP contribution in [0.3, 0.4) is 0 Å². The first kappa shape index (κ1) is 22.5. The van der Waals surface area contributed by atoms with E-state index < -0.39 is 24.1 Å². The second-order valence-corrected chi connectivity index (χ2v) is 8.06. The van der Waals surface area contributed by atoms with Gasteiger partial charge >= 0.3 is 6.18 Å². The molecule has 0 spiro atoms. The lowest BCUT2D eigenvalue weighted by molar-refractivity contribution is -0.153. The van der Waals surface area contributed by atoms with Crippen molar-refractivity contribution in [3.8, 4) is 11.8 Å². The highest BCUT2D eigenvalue weighted by molar-refractivity contribution is 5.93. The van der Waals surface area contributed by atoms with Gasteiger partial charge in [0.1, 0.15) is 11.8 Å². The monoisotopic (exact) mass is 411 g/mol. The van der Waals surface area contributed by atoms with Gasteiger partial charge in [-0.25, -0.2) is 0 Å². The zero-order chi connectivity index (χ0) is 21.8. The van der Waals surface area contributed by atoms with Crippen LogP contribution < -0.4 is 10.1 Å². The fourth-order valence-electron chi connectivity index (χ4n) is 3.07. The van der Waals surface area contributed by atoms with Crippen molar-refractivity contribution in [3.05, 3.63) is 23.8 Å². The normalized spacial score (nSPS) is 17.4. The summed E-state index contributed by atoms with van der Waals surface area (Å²) in [6.07, 6.45) is -3.19. The molecule has 1 aliphatic heterocycles. The molecule has 0 aliphatic carbocycles. The zero-order valence-corrected chi connectivity index (χ0v) is 16.6. The number of halogens is 3. The second kappa shape index (κ2) is 8.72. The summed E-state index contributed by atoms with van der Waals surface area (Å²) in [4.78, 5) is 26.8. The lowest BCUT2D eigenvalue weighted by Crippen LogP contribution is -2.47. The smallest absolute Gasteiger partial charge is 0.422 e. The molecule has 0 bridgehead atoms. The van der Waals surface area contributed by atoms with Gasteiger partial charge in [-0.05, 0) is 31.0 Å². The SMILES string of the molecule is CC(C)(C)C(=O)N1CCCC(C(=O)Nc2ccc(OCC(F)(F)F)c(C#N)c2)C1. The molecule has 9 heteroatoms. The molecule has 158 valence electrons. The third-order valence-corrected chi connectivity index (χ3v) is 4.48. The van der Waals surface area contributed by atoms with Gasteiger partial charge in [0.2, 0.25) is 11.8 Å². The van der Waals surface area contributed by atoms with Gasteiger partial charge in [-0.1, -0.05) is 20.8 Å². The van der Waals surface area contributed by atoms with Gasteiger partial charge < -0.3 is 15.0 Å². The number of nitrogens with zero attached hydrogens (tertiary/aromatic N) is 2. The summed E-state index contributed by atoms with van der Waals surface area (Å²) in [5.41, 5.74) is -0.364. The Morgan fingerprint density at radius 2 is 2.00 bits per heavy atom. The number of ether oxygens (including phenoxy) is 1. The van der Waals surface area contributed by atoms with E-state index in [-0.39, 0.29) is 28.8 Å². The average molecular weight is 411 g/mol. The van der Waals surface area contributed by atoms with E-state index in [9.17, 15) is 22.8 Å². The van der Waals surface area contributed by atoms with Crippen molar-refractivity contribution in [2.24, 2.45) is 11.3 Å². The van der Waals surface area contributed by atoms with E-state index >= 15 is 0 Å². The molecule has 1 atom stereocenters. The Labute approximate surface area is 167 Å². The van der Waals surface area contributed by atoms with Crippen molar-refractivity contribution in [2.45, 2.75) is 39.8 Å². The highest BCUT2D eigenvalue weighted by Crippen LogP contribution is 2.27. The first-order chi connectivity index (χ1) is 13.4. The molecule has 2 rings (SSSR count). The first-order valence-corrected chi connectivity index (χ1v) is 9.24. The Kier molecular flexibility index (Phi) is 6.77. The number of hydrogen-bond donors (Lipinski definition) is 1. The molecule has 2 amide bonds. The fraction of sp³-hybridized carbons (Fsp3) is 0.550. The molecule has 0 aromatic heterocycles. The molecule has 1 unspecified atom stereocenters. The topological polar surface area (TPSA) is 82.4 Å². The molecule has 1 aromatic rings. The number of carbonyl (C=O) groups is 2. The minimum Gasteiger partial charge on any atom is -0.483 e. The van der Waals surface area contributed by atoms with Crippen molar-refractivity contribution in [1.29, 1.82) is 5.26 Å². The van der Waals surface area contributed by atoms with Gasteiger partial charge in [0.25, 0.3) is 0 Å². The van der Waals surface area contributed by atoms with Gasteiger partial charge in [-0.3, -0.25) is 9.59 Å². The Morgan fingerprint density at radius 1 is 1.31 bits per heavy atom.